The van der Waals surface area contributed by atoms with Gasteiger partial charge in [0.1, 0.15) is 0 Å². The first-order chi connectivity index (χ1) is 11.6. The van der Waals surface area contributed by atoms with Crippen LogP contribution in [0.1, 0.15) is 64.1 Å². The third-order valence-corrected chi connectivity index (χ3v) is 6.08. The van der Waals surface area contributed by atoms with Crippen molar-refractivity contribution in [2.75, 3.05) is 13.7 Å². The van der Waals surface area contributed by atoms with Gasteiger partial charge in [0.05, 0.1) is 29.3 Å². The normalized spacial score (nSPS) is 20.6. The van der Waals surface area contributed by atoms with Gasteiger partial charge in [0.25, 0.3) is 5.91 Å². The minimum absolute atomic E-state index is 0.0651. The molecule has 1 saturated carbocycles. The van der Waals surface area contributed by atoms with Crippen molar-refractivity contribution in [2.45, 2.75) is 44.6 Å². The third-order valence-electron chi connectivity index (χ3n) is 5.16. The third kappa shape index (κ3) is 2.44. The van der Waals surface area contributed by atoms with Crippen molar-refractivity contribution in [2.24, 2.45) is 7.05 Å². The molecule has 0 N–H and O–H groups in total. The molecule has 0 bridgehead atoms. The number of carbonyl (C=O) groups is 1. The van der Waals surface area contributed by atoms with E-state index in [0.29, 0.717) is 5.92 Å². The Hall–Kier alpha value is -1.82. The SMILES string of the molecule is COc1c([C@@H]2CCCN2C(=O)c2sccc2C2CC2)c(C)nn1C. The molecule has 2 fully saturated rings. The Balaban J connectivity index is 1.68. The zero-order valence-electron chi connectivity index (χ0n) is 14.4. The lowest BCUT2D eigenvalue weighted by Gasteiger charge is -2.25. The summed E-state index contributed by atoms with van der Waals surface area (Å²) in [6.07, 6.45) is 4.43. The van der Waals surface area contributed by atoms with Gasteiger partial charge in [-0.3, -0.25) is 4.79 Å². The number of hydrogen-bond acceptors (Lipinski definition) is 4. The van der Waals surface area contributed by atoms with E-state index in [-0.39, 0.29) is 11.9 Å². The highest BCUT2D eigenvalue weighted by Gasteiger charge is 2.38. The topological polar surface area (TPSA) is 47.4 Å². The minimum atomic E-state index is 0.0651. The summed E-state index contributed by atoms with van der Waals surface area (Å²) in [5.41, 5.74) is 3.27. The van der Waals surface area contributed by atoms with E-state index in [1.165, 1.54) is 18.4 Å². The van der Waals surface area contributed by atoms with Crippen molar-refractivity contribution in [3.05, 3.63) is 33.1 Å². The Bertz CT molecular complexity index is 775. The first kappa shape index (κ1) is 15.7. The quantitative estimate of drug-likeness (QED) is 0.850. The van der Waals surface area contributed by atoms with Crippen LogP contribution in [0.15, 0.2) is 11.4 Å². The summed E-state index contributed by atoms with van der Waals surface area (Å²) in [7, 11) is 3.56. The number of ether oxygens (including phenoxy) is 1. The molecule has 24 heavy (non-hydrogen) atoms. The fraction of sp³-hybridized carbons (Fsp3) is 0.556. The van der Waals surface area contributed by atoms with Gasteiger partial charge in [0.15, 0.2) is 0 Å². The van der Waals surface area contributed by atoms with Crippen LogP contribution in [-0.2, 0) is 7.05 Å². The van der Waals surface area contributed by atoms with E-state index in [9.17, 15) is 4.79 Å². The van der Waals surface area contributed by atoms with E-state index >= 15 is 0 Å². The first-order valence-electron chi connectivity index (χ1n) is 8.57. The van der Waals surface area contributed by atoms with Crippen LogP contribution in [0.4, 0.5) is 0 Å². The summed E-state index contributed by atoms with van der Waals surface area (Å²) >= 11 is 1.59. The van der Waals surface area contributed by atoms with Crippen LogP contribution in [-0.4, -0.2) is 34.2 Å². The van der Waals surface area contributed by atoms with E-state index in [1.54, 1.807) is 23.1 Å². The number of rotatable bonds is 4. The number of aromatic nitrogens is 2. The maximum absolute atomic E-state index is 13.2. The van der Waals surface area contributed by atoms with E-state index in [2.05, 4.69) is 16.5 Å². The Morgan fingerprint density at radius 3 is 2.88 bits per heavy atom. The van der Waals surface area contributed by atoms with Crippen LogP contribution < -0.4 is 4.74 Å². The Morgan fingerprint density at radius 1 is 1.38 bits per heavy atom. The predicted octanol–water partition coefficient (Wildman–Crippen LogP) is 3.65. The molecule has 0 unspecified atom stereocenters. The molecule has 1 atom stereocenters. The van der Waals surface area contributed by atoms with Crippen molar-refractivity contribution in [1.29, 1.82) is 0 Å². The number of thiophene rings is 1. The van der Waals surface area contributed by atoms with Crippen LogP contribution >= 0.6 is 11.3 Å². The average molecular weight is 345 g/mol. The zero-order valence-corrected chi connectivity index (χ0v) is 15.2. The highest BCUT2D eigenvalue weighted by atomic mass is 32.1. The molecule has 1 amide bonds. The van der Waals surface area contributed by atoms with Crippen molar-refractivity contribution in [3.63, 3.8) is 0 Å². The van der Waals surface area contributed by atoms with Crippen LogP contribution in [0.2, 0.25) is 0 Å². The molecule has 2 aromatic rings. The molecule has 1 saturated heterocycles. The van der Waals surface area contributed by atoms with E-state index in [0.717, 1.165) is 41.4 Å². The summed E-state index contributed by atoms with van der Waals surface area (Å²) in [5, 5.41) is 6.55. The predicted molar refractivity (Wildman–Crippen MR) is 93.8 cm³/mol. The Morgan fingerprint density at radius 2 is 2.17 bits per heavy atom. The molecule has 0 spiro atoms. The minimum Gasteiger partial charge on any atom is -0.481 e. The summed E-state index contributed by atoms with van der Waals surface area (Å²) in [4.78, 5) is 16.2. The lowest BCUT2D eigenvalue weighted by molar-refractivity contribution is 0.0737. The number of aryl methyl sites for hydroxylation is 2. The fourth-order valence-electron chi connectivity index (χ4n) is 3.93. The zero-order chi connectivity index (χ0) is 16.8. The Kier molecular flexibility index (Phi) is 3.87. The molecule has 128 valence electrons. The first-order valence-corrected chi connectivity index (χ1v) is 9.45. The van der Waals surface area contributed by atoms with Gasteiger partial charge in [-0.1, -0.05) is 0 Å². The van der Waals surface area contributed by atoms with Gasteiger partial charge < -0.3 is 9.64 Å². The van der Waals surface area contributed by atoms with Crippen LogP contribution in [0.5, 0.6) is 5.88 Å². The van der Waals surface area contributed by atoms with E-state index in [1.807, 2.05) is 18.9 Å². The second-order valence-electron chi connectivity index (χ2n) is 6.77. The summed E-state index contributed by atoms with van der Waals surface area (Å²) in [5.74, 6) is 1.55. The molecule has 1 aliphatic heterocycles. The van der Waals surface area contributed by atoms with Crippen molar-refractivity contribution in [3.8, 4) is 5.88 Å². The summed E-state index contributed by atoms with van der Waals surface area (Å²) in [6, 6.07) is 2.20. The molecule has 2 aliphatic rings. The average Bonchev–Trinajstić information content (AvgIpc) is 2.99. The number of amides is 1. The number of nitrogens with zero attached hydrogens (tertiary/aromatic N) is 3. The van der Waals surface area contributed by atoms with Gasteiger partial charge >= 0.3 is 0 Å². The second-order valence-corrected chi connectivity index (χ2v) is 7.68. The molecule has 1 aliphatic carbocycles. The largest absolute Gasteiger partial charge is 0.481 e. The molecule has 0 aromatic carbocycles. The highest BCUT2D eigenvalue weighted by Crippen LogP contribution is 2.45. The standard InChI is InChI=1S/C18H23N3O2S/c1-11-15(18(23-3)20(2)19-11)14-5-4-9-21(14)17(22)16-13(8-10-24-16)12-6-7-12/h8,10,12,14H,4-7,9H2,1-3H3/t14-/m0/s1. The molecule has 2 aromatic heterocycles. The van der Waals surface area contributed by atoms with Gasteiger partial charge in [-0.15, -0.1) is 11.3 Å². The van der Waals surface area contributed by atoms with Gasteiger partial charge in [-0.05, 0) is 55.5 Å². The second kappa shape index (κ2) is 5.92. The molecule has 5 nitrogen and oxygen atoms in total. The molecule has 6 heteroatoms. The maximum Gasteiger partial charge on any atom is 0.264 e. The van der Waals surface area contributed by atoms with Crippen LogP contribution in [0.25, 0.3) is 0 Å². The molecule has 4 rings (SSSR count). The van der Waals surface area contributed by atoms with Crippen molar-refractivity contribution >= 4 is 17.2 Å². The van der Waals surface area contributed by atoms with Crippen molar-refractivity contribution in [1.82, 2.24) is 14.7 Å². The summed E-state index contributed by atoms with van der Waals surface area (Å²) in [6.45, 7) is 2.81. The number of likely N-dealkylation sites (tertiary alicyclic amines) is 1. The van der Waals surface area contributed by atoms with Crippen LogP contribution in [0.3, 0.4) is 0 Å². The van der Waals surface area contributed by atoms with Gasteiger partial charge in [0.2, 0.25) is 5.88 Å². The van der Waals surface area contributed by atoms with E-state index in [4.69, 9.17) is 4.74 Å². The molecule has 3 heterocycles. The fourth-order valence-corrected chi connectivity index (χ4v) is 4.87. The molecule has 0 radical (unpaired) electrons. The van der Waals surface area contributed by atoms with E-state index < -0.39 is 0 Å². The number of carbonyl (C=O) groups excluding carboxylic acids is 1. The van der Waals surface area contributed by atoms with Crippen molar-refractivity contribution < 1.29 is 9.53 Å². The molecular formula is C18H23N3O2S. The maximum atomic E-state index is 13.2. The lowest BCUT2D eigenvalue weighted by Crippen LogP contribution is -2.31. The van der Waals surface area contributed by atoms with Gasteiger partial charge in [-0.25, -0.2) is 4.68 Å². The number of hydrogen-bond donors (Lipinski definition) is 0. The van der Waals surface area contributed by atoms with Gasteiger partial charge in [0, 0.05) is 13.6 Å². The monoisotopic (exact) mass is 345 g/mol. The Labute approximate surface area is 146 Å². The van der Waals surface area contributed by atoms with Crippen LogP contribution in [0, 0.1) is 6.92 Å². The van der Waals surface area contributed by atoms with Gasteiger partial charge in [-0.2, -0.15) is 5.10 Å². The molecular weight excluding hydrogens is 322 g/mol. The summed E-state index contributed by atoms with van der Waals surface area (Å²) < 4.78 is 7.34. The highest BCUT2D eigenvalue weighted by molar-refractivity contribution is 7.12. The number of methoxy groups -OCH3 is 1. The lowest BCUT2D eigenvalue weighted by atomic mass is 10.0. The smallest absolute Gasteiger partial charge is 0.264 e.